The number of furan rings is 1. The van der Waals surface area contributed by atoms with E-state index < -0.39 is 5.82 Å². The minimum absolute atomic E-state index is 0.0125. The normalized spacial score (nSPS) is 14.4. The van der Waals surface area contributed by atoms with Crippen molar-refractivity contribution in [1.82, 2.24) is 9.80 Å². The monoisotopic (exact) mass is 506 g/mol. The molecule has 0 saturated carbocycles. The third kappa shape index (κ3) is 6.77. The first-order chi connectivity index (χ1) is 17.8. The second kappa shape index (κ2) is 12.1. The Hall–Kier alpha value is -3.65. The summed E-state index contributed by atoms with van der Waals surface area (Å²) in [6, 6.07) is 15.4. The summed E-state index contributed by atoms with van der Waals surface area (Å²) in [7, 11) is 4.24. The van der Waals surface area contributed by atoms with Gasteiger partial charge in [-0.05, 0) is 87.1 Å². The number of anilines is 2. The fourth-order valence-corrected chi connectivity index (χ4v) is 4.80. The van der Waals surface area contributed by atoms with Gasteiger partial charge in [0.05, 0.1) is 12.8 Å². The van der Waals surface area contributed by atoms with Gasteiger partial charge in [-0.15, -0.1) is 0 Å². The van der Waals surface area contributed by atoms with Crippen LogP contribution in [0.15, 0.2) is 65.3 Å². The molecule has 0 bridgehead atoms. The lowest BCUT2D eigenvalue weighted by Crippen LogP contribution is -2.42. The lowest BCUT2D eigenvalue weighted by atomic mass is 10.0. The number of carbonyl (C=O) groups is 2. The third-order valence-electron chi connectivity index (χ3n) is 6.98. The van der Waals surface area contributed by atoms with Crippen LogP contribution in [-0.4, -0.2) is 54.8 Å². The SMILES string of the molecule is CCC(=O)N(Cc1ccco1)Cc1cc(NC(=O)c2cccc(F)c2)ccc1N(C)C1CCN(C)CC1. The van der Waals surface area contributed by atoms with E-state index in [-0.39, 0.29) is 17.4 Å². The van der Waals surface area contributed by atoms with E-state index >= 15 is 0 Å². The van der Waals surface area contributed by atoms with Crippen molar-refractivity contribution in [1.29, 1.82) is 0 Å². The maximum atomic E-state index is 13.6. The molecule has 0 atom stereocenters. The molecule has 2 aromatic carbocycles. The first-order valence-electron chi connectivity index (χ1n) is 12.8. The second-order valence-electron chi connectivity index (χ2n) is 9.64. The molecule has 0 unspecified atom stereocenters. The Bertz CT molecular complexity index is 1210. The van der Waals surface area contributed by atoms with Crippen LogP contribution < -0.4 is 10.2 Å². The van der Waals surface area contributed by atoms with E-state index in [0.717, 1.165) is 37.2 Å². The van der Waals surface area contributed by atoms with Crippen LogP contribution in [0.25, 0.3) is 0 Å². The first kappa shape index (κ1) is 26.4. The molecule has 2 amide bonds. The Morgan fingerprint density at radius 1 is 1.08 bits per heavy atom. The zero-order valence-corrected chi connectivity index (χ0v) is 21.7. The molecule has 1 saturated heterocycles. The predicted molar refractivity (Wildman–Crippen MR) is 143 cm³/mol. The highest BCUT2D eigenvalue weighted by Crippen LogP contribution is 2.30. The summed E-state index contributed by atoms with van der Waals surface area (Å²) in [4.78, 5) is 32.1. The van der Waals surface area contributed by atoms with Gasteiger partial charge in [0, 0.05) is 43.0 Å². The van der Waals surface area contributed by atoms with Crippen molar-refractivity contribution < 1.29 is 18.4 Å². The van der Waals surface area contributed by atoms with E-state index in [1.54, 1.807) is 17.2 Å². The van der Waals surface area contributed by atoms with Crippen molar-refractivity contribution in [2.75, 3.05) is 37.4 Å². The molecule has 0 spiro atoms. The molecule has 1 fully saturated rings. The fraction of sp³-hybridized carbons (Fsp3) is 0.379. The number of nitrogens with zero attached hydrogens (tertiary/aromatic N) is 3. The number of benzene rings is 2. The molecule has 1 N–H and O–H groups in total. The number of amides is 2. The largest absolute Gasteiger partial charge is 0.467 e. The lowest BCUT2D eigenvalue weighted by Gasteiger charge is -2.37. The molecule has 0 aliphatic carbocycles. The number of rotatable bonds is 9. The molecule has 1 aliphatic rings. The van der Waals surface area contributed by atoms with E-state index in [1.165, 1.54) is 18.2 Å². The van der Waals surface area contributed by atoms with Gasteiger partial charge in [-0.2, -0.15) is 0 Å². The Labute approximate surface area is 217 Å². The summed E-state index contributed by atoms with van der Waals surface area (Å²) < 4.78 is 19.2. The van der Waals surface area contributed by atoms with Crippen LogP contribution in [0.3, 0.4) is 0 Å². The first-order valence-corrected chi connectivity index (χ1v) is 12.8. The van der Waals surface area contributed by atoms with Crippen molar-refractivity contribution in [2.24, 2.45) is 0 Å². The quantitative estimate of drug-likeness (QED) is 0.435. The zero-order valence-electron chi connectivity index (χ0n) is 21.7. The fourth-order valence-electron chi connectivity index (χ4n) is 4.80. The molecule has 8 heteroatoms. The summed E-state index contributed by atoms with van der Waals surface area (Å²) in [6.07, 6.45) is 4.08. The molecular formula is C29H35FN4O3. The van der Waals surface area contributed by atoms with Gasteiger partial charge < -0.3 is 24.4 Å². The van der Waals surface area contributed by atoms with Gasteiger partial charge in [-0.3, -0.25) is 9.59 Å². The van der Waals surface area contributed by atoms with Crippen LogP contribution in [-0.2, 0) is 17.9 Å². The van der Waals surface area contributed by atoms with E-state index in [9.17, 15) is 14.0 Å². The molecule has 2 heterocycles. The van der Waals surface area contributed by atoms with Gasteiger partial charge in [-0.25, -0.2) is 4.39 Å². The number of hydrogen-bond donors (Lipinski definition) is 1. The van der Waals surface area contributed by atoms with Gasteiger partial charge in [0.2, 0.25) is 5.91 Å². The molecule has 4 rings (SSSR count). The second-order valence-corrected chi connectivity index (χ2v) is 9.64. The van der Waals surface area contributed by atoms with Crippen molar-refractivity contribution in [2.45, 2.75) is 45.3 Å². The smallest absolute Gasteiger partial charge is 0.255 e. The number of hydrogen-bond acceptors (Lipinski definition) is 5. The number of nitrogens with one attached hydrogen (secondary N) is 1. The maximum absolute atomic E-state index is 13.6. The lowest BCUT2D eigenvalue weighted by molar-refractivity contribution is -0.132. The molecule has 0 radical (unpaired) electrons. The molecule has 3 aromatic rings. The van der Waals surface area contributed by atoms with Crippen molar-refractivity contribution in [3.05, 3.63) is 83.6 Å². The van der Waals surface area contributed by atoms with Crippen molar-refractivity contribution in [3.63, 3.8) is 0 Å². The minimum Gasteiger partial charge on any atom is -0.467 e. The Morgan fingerprint density at radius 3 is 2.54 bits per heavy atom. The molecule has 1 aromatic heterocycles. The van der Waals surface area contributed by atoms with E-state index in [2.05, 4.69) is 29.2 Å². The summed E-state index contributed by atoms with van der Waals surface area (Å²) in [6.45, 7) is 4.63. The molecule has 196 valence electrons. The van der Waals surface area contributed by atoms with Gasteiger partial charge >= 0.3 is 0 Å². The maximum Gasteiger partial charge on any atom is 0.255 e. The van der Waals surface area contributed by atoms with Crippen LogP contribution >= 0.6 is 0 Å². The van der Waals surface area contributed by atoms with Gasteiger partial charge in [0.25, 0.3) is 5.91 Å². The van der Waals surface area contributed by atoms with Crippen LogP contribution in [0, 0.1) is 5.82 Å². The Morgan fingerprint density at radius 2 is 1.86 bits per heavy atom. The van der Waals surface area contributed by atoms with Gasteiger partial charge in [0.1, 0.15) is 11.6 Å². The summed E-state index contributed by atoms with van der Waals surface area (Å²) in [5, 5.41) is 2.89. The van der Waals surface area contributed by atoms with Crippen LogP contribution in [0.2, 0.25) is 0 Å². The number of halogens is 1. The average molecular weight is 507 g/mol. The number of carbonyl (C=O) groups excluding carboxylic acids is 2. The van der Waals surface area contributed by atoms with Crippen LogP contribution in [0.5, 0.6) is 0 Å². The average Bonchev–Trinajstić information content (AvgIpc) is 3.41. The number of piperidine rings is 1. The molecular weight excluding hydrogens is 471 g/mol. The summed E-state index contributed by atoms with van der Waals surface area (Å²) >= 11 is 0. The Balaban J connectivity index is 1.63. The highest BCUT2D eigenvalue weighted by molar-refractivity contribution is 6.04. The standard InChI is InChI=1S/C29H35FN4O3/c1-4-28(35)34(20-26-9-6-16-37-26)19-22-18-24(31-29(36)21-7-5-8-23(30)17-21)10-11-27(22)33(3)25-12-14-32(2)15-13-25/h5-11,16-18,25H,4,12-15,19-20H2,1-3H3,(H,31,36). The Kier molecular flexibility index (Phi) is 8.61. The molecule has 1 aliphatic heterocycles. The third-order valence-corrected chi connectivity index (χ3v) is 6.98. The van der Waals surface area contributed by atoms with Gasteiger partial charge in [0.15, 0.2) is 0 Å². The van der Waals surface area contributed by atoms with Crippen molar-refractivity contribution in [3.8, 4) is 0 Å². The number of likely N-dealkylation sites (tertiary alicyclic amines) is 1. The van der Waals surface area contributed by atoms with E-state index in [1.807, 2.05) is 37.3 Å². The highest BCUT2D eigenvalue weighted by Gasteiger charge is 2.24. The predicted octanol–water partition coefficient (Wildman–Crippen LogP) is 5.14. The molecule has 7 nitrogen and oxygen atoms in total. The summed E-state index contributed by atoms with van der Waals surface area (Å²) in [5.41, 5.74) is 2.78. The minimum atomic E-state index is -0.463. The highest BCUT2D eigenvalue weighted by atomic mass is 19.1. The van der Waals surface area contributed by atoms with E-state index in [4.69, 9.17) is 4.42 Å². The zero-order chi connectivity index (χ0) is 26.4. The topological polar surface area (TPSA) is 69.0 Å². The summed E-state index contributed by atoms with van der Waals surface area (Å²) in [5.74, 6) is -0.130. The van der Waals surface area contributed by atoms with Crippen LogP contribution in [0.1, 0.15) is 47.9 Å². The van der Waals surface area contributed by atoms with Crippen LogP contribution in [0.4, 0.5) is 15.8 Å². The van der Waals surface area contributed by atoms with E-state index in [0.29, 0.717) is 37.0 Å². The van der Waals surface area contributed by atoms with Gasteiger partial charge in [-0.1, -0.05) is 13.0 Å². The molecule has 37 heavy (non-hydrogen) atoms. The van der Waals surface area contributed by atoms with Crippen molar-refractivity contribution >= 4 is 23.2 Å².